The van der Waals surface area contributed by atoms with Crippen LogP contribution < -0.4 is 20.1 Å². The van der Waals surface area contributed by atoms with Crippen molar-refractivity contribution in [2.75, 3.05) is 26.7 Å². The standard InChI is InChI=1S/C36H44ClN4O5S/c1-4-5-10-26(2)40-35(42)38-20-8-9-21-39-47(43,44)29-15-16-33(37)27(23-29)25-45-36(18-19-36)32-24-41(3)22-17-30(32)31-11-6-7-12-34(31)46-28-13-14-28/h4-7,10-12,15-17,23-24,26,28,39H,1-2,8-9,13-14,18-22,25H2,3H3,(H2,38,40,42)/t26-/m0/s1. The first kappa shape index (κ1) is 35.3. The number of carbonyl (C=O) groups excluding carboxylic acids is 1. The number of ether oxygens (including phenoxy) is 2. The van der Waals surface area contributed by atoms with Gasteiger partial charge in [-0.15, -0.1) is 0 Å². The van der Waals surface area contributed by atoms with Crippen molar-refractivity contribution in [3.63, 3.8) is 0 Å². The average molecular weight is 680 g/mol. The number of likely N-dealkylation sites (N-methyl/N-ethyl adjacent to an activating group) is 1. The van der Waals surface area contributed by atoms with E-state index in [0.717, 1.165) is 54.7 Å². The molecule has 2 aromatic carbocycles. The number of benzene rings is 2. The maximum atomic E-state index is 13.1. The summed E-state index contributed by atoms with van der Waals surface area (Å²) in [6.45, 7) is 8.97. The molecule has 2 fully saturated rings. The van der Waals surface area contributed by atoms with E-state index in [1.807, 2.05) is 25.2 Å². The number of hydrogen-bond acceptors (Lipinski definition) is 6. The van der Waals surface area contributed by atoms with Crippen LogP contribution in [0.15, 0.2) is 65.2 Å². The molecule has 251 valence electrons. The van der Waals surface area contributed by atoms with Crippen molar-refractivity contribution in [1.29, 1.82) is 0 Å². The predicted molar refractivity (Wildman–Crippen MR) is 185 cm³/mol. The van der Waals surface area contributed by atoms with E-state index in [4.69, 9.17) is 21.1 Å². The molecule has 9 nitrogen and oxygen atoms in total. The molecule has 3 N–H and O–H groups in total. The monoisotopic (exact) mass is 679 g/mol. The first-order valence-electron chi connectivity index (χ1n) is 16.1. The number of rotatable bonds is 18. The Bertz CT molecular complexity index is 1570. The zero-order chi connectivity index (χ0) is 33.4. The van der Waals surface area contributed by atoms with Gasteiger partial charge in [0.05, 0.1) is 23.2 Å². The third-order valence-electron chi connectivity index (χ3n) is 8.22. The van der Waals surface area contributed by atoms with E-state index in [9.17, 15) is 13.2 Å². The molecule has 0 aromatic heterocycles. The number of nitrogens with one attached hydrogen (secondary N) is 3. The quantitative estimate of drug-likeness (QED) is 0.171. The van der Waals surface area contributed by atoms with E-state index in [1.165, 1.54) is 6.07 Å². The molecule has 2 aliphatic carbocycles. The number of para-hydroxylation sites is 1. The molecular weight excluding hydrogens is 636 g/mol. The first-order valence-corrected chi connectivity index (χ1v) is 17.9. The lowest BCUT2D eigenvalue weighted by molar-refractivity contribution is 0.0474. The zero-order valence-corrected chi connectivity index (χ0v) is 28.4. The fraction of sp³-hybridized carbons (Fsp3) is 0.389. The molecular formula is C36H44ClN4O5S. The smallest absolute Gasteiger partial charge is 0.315 e. The van der Waals surface area contributed by atoms with Crippen molar-refractivity contribution in [3.8, 4) is 5.75 Å². The molecule has 47 heavy (non-hydrogen) atoms. The number of sulfonamides is 1. The first-order chi connectivity index (χ1) is 22.6. The van der Waals surface area contributed by atoms with Crippen LogP contribution in [0.3, 0.4) is 0 Å². The number of unbranched alkanes of at least 4 members (excludes halogenated alkanes) is 2. The van der Waals surface area contributed by atoms with Crippen molar-refractivity contribution in [3.05, 3.63) is 110 Å². The second-order valence-corrected chi connectivity index (χ2v) is 14.4. The number of amides is 2. The molecule has 5 radical (unpaired) electrons. The number of nitrogens with zero attached hydrogens (tertiary/aromatic N) is 1. The molecule has 2 amide bonds. The number of carbonyl (C=O) groups is 1. The Morgan fingerprint density at radius 2 is 1.94 bits per heavy atom. The van der Waals surface area contributed by atoms with Crippen LogP contribution in [-0.2, 0) is 21.4 Å². The van der Waals surface area contributed by atoms with Gasteiger partial charge in [-0.2, -0.15) is 0 Å². The van der Waals surface area contributed by atoms with Gasteiger partial charge >= 0.3 is 6.03 Å². The van der Waals surface area contributed by atoms with Crippen LogP contribution >= 0.6 is 11.6 Å². The minimum atomic E-state index is -3.78. The lowest BCUT2D eigenvalue weighted by Gasteiger charge is -2.30. The Labute approximate surface area is 285 Å². The fourth-order valence-electron chi connectivity index (χ4n) is 5.34. The van der Waals surface area contributed by atoms with E-state index < -0.39 is 15.6 Å². The Kier molecular flexibility index (Phi) is 11.9. The molecule has 1 atom stereocenters. The molecule has 0 bridgehead atoms. The molecule has 2 saturated carbocycles. The van der Waals surface area contributed by atoms with Crippen LogP contribution in [0, 0.1) is 33.1 Å². The van der Waals surface area contributed by atoms with Crippen LogP contribution in [0.5, 0.6) is 5.75 Å². The summed E-state index contributed by atoms with van der Waals surface area (Å²) in [6, 6.07) is 12.1. The second-order valence-electron chi connectivity index (χ2n) is 12.2. The van der Waals surface area contributed by atoms with Crippen molar-refractivity contribution in [2.45, 2.75) is 67.8 Å². The largest absolute Gasteiger partial charge is 0.490 e. The molecule has 3 aliphatic rings. The summed E-state index contributed by atoms with van der Waals surface area (Å²) in [5, 5.41) is 5.87. The van der Waals surface area contributed by atoms with Crippen molar-refractivity contribution in [1.82, 2.24) is 20.3 Å². The third kappa shape index (κ3) is 9.75. The lowest BCUT2D eigenvalue weighted by Crippen LogP contribution is -2.41. The normalized spacial score (nSPS) is 17.8. The van der Waals surface area contributed by atoms with Gasteiger partial charge in [-0.3, -0.25) is 0 Å². The van der Waals surface area contributed by atoms with Crippen LogP contribution in [0.1, 0.15) is 49.7 Å². The predicted octanol–water partition coefficient (Wildman–Crippen LogP) is 5.85. The average Bonchev–Trinajstić information content (AvgIpc) is 3.99. The Balaban J connectivity index is 1.16. The van der Waals surface area contributed by atoms with Gasteiger partial charge in [0.2, 0.25) is 10.0 Å². The summed E-state index contributed by atoms with van der Waals surface area (Å²) in [5.41, 5.74) is 3.39. The third-order valence-corrected chi connectivity index (χ3v) is 10.0. The highest BCUT2D eigenvalue weighted by Gasteiger charge is 2.50. The molecule has 2 aromatic rings. The molecule has 0 spiro atoms. The maximum absolute atomic E-state index is 13.1. The highest BCUT2D eigenvalue weighted by molar-refractivity contribution is 7.89. The maximum Gasteiger partial charge on any atom is 0.315 e. The van der Waals surface area contributed by atoms with E-state index in [-0.39, 0.29) is 36.2 Å². The van der Waals surface area contributed by atoms with Gasteiger partial charge in [-0.25, -0.2) is 17.9 Å². The molecule has 0 saturated heterocycles. The summed E-state index contributed by atoms with van der Waals surface area (Å²) in [4.78, 5) is 14.2. The van der Waals surface area contributed by atoms with Gasteiger partial charge in [0.1, 0.15) is 5.75 Å². The van der Waals surface area contributed by atoms with Crippen LogP contribution in [0.25, 0.3) is 5.57 Å². The van der Waals surface area contributed by atoms with Gasteiger partial charge in [0.15, 0.2) is 0 Å². The summed E-state index contributed by atoms with van der Waals surface area (Å²) < 4.78 is 41.8. The highest BCUT2D eigenvalue weighted by atomic mass is 35.5. The second kappa shape index (κ2) is 15.9. The molecule has 1 heterocycles. The van der Waals surface area contributed by atoms with Crippen LogP contribution in [0.4, 0.5) is 4.79 Å². The van der Waals surface area contributed by atoms with Crippen molar-refractivity contribution < 1.29 is 22.7 Å². The molecule has 1 aliphatic heterocycles. The van der Waals surface area contributed by atoms with Gasteiger partial charge in [0, 0.05) is 55.1 Å². The number of hydrogen-bond donors (Lipinski definition) is 3. The van der Waals surface area contributed by atoms with Crippen molar-refractivity contribution in [2.24, 2.45) is 0 Å². The summed E-state index contributed by atoms with van der Waals surface area (Å²) in [6.07, 6.45) is 14.7. The topological polar surface area (TPSA) is 109 Å². The van der Waals surface area contributed by atoms with Crippen LogP contribution in [0.2, 0.25) is 5.02 Å². The fourth-order valence-corrected chi connectivity index (χ4v) is 6.63. The van der Waals surface area contributed by atoms with E-state index >= 15 is 0 Å². The summed E-state index contributed by atoms with van der Waals surface area (Å²) in [7, 11) is -1.73. The molecule has 5 rings (SSSR count). The van der Waals surface area contributed by atoms with Gasteiger partial charge in [0.25, 0.3) is 0 Å². The Hall–Kier alpha value is -3.05. The molecule has 0 unspecified atom stereocenters. The van der Waals surface area contributed by atoms with E-state index in [0.29, 0.717) is 30.0 Å². The summed E-state index contributed by atoms with van der Waals surface area (Å²) in [5.74, 6) is 0.891. The number of urea groups is 1. The molecule has 11 heteroatoms. The van der Waals surface area contributed by atoms with E-state index in [1.54, 1.807) is 31.4 Å². The Morgan fingerprint density at radius 1 is 1.17 bits per heavy atom. The highest BCUT2D eigenvalue weighted by Crippen LogP contribution is 2.53. The van der Waals surface area contributed by atoms with Crippen LogP contribution in [-0.4, -0.2) is 63.8 Å². The zero-order valence-electron chi connectivity index (χ0n) is 26.8. The lowest BCUT2D eigenvalue weighted by atomic mass is 9.90. The van der Waals surface area contributed by atoms with E-state index in [2.05, 4.69) is 52.4 Å². The van der Waals surface area contributed by atoms with Gasteiger partial charge in [-0.1, -0.05) is 35.9 Å². The summed E-state index contributed by atoms with van der Waals surface area (Å²) >= 11 is 6.55. The SMILES string of the molecule is [CH2][CH][CH][CH][C@H]([CH2])NC(=O)NCCCCNS(=O)(=O)c1ccc(Cl)c(COC2(C3=CN(C)CC=C3c3ccccc3OC3CC3)CC2)c1. The minimum Gasteiger partial charge on any atom is -0.490 e. The Morgan fingerprint density at radius 3 is 2.68 bits per heavy atom. The van der Waals surface area contributed by atoms with Gasteiger partial charge in [-0.05, 0) is 107 Å². The van der Waals surface area contributed by atoms with Gasteiger partial charge < -0.3 is 25.0 Å². The van der Waals surface area contributed by atoms with Crippen molar-refractivity contribution >= 4 is 33.2 Å². The number of halogens is 1. The minimum absolute atomic E-state index is 0.125.